The van der Waals surface area contributed by atoms with Crippen LogP contribution in [0.5, 0.6) is 5.75 Å². The van der Waals surface area contributed by atoms with E-state index in [2.05, 4.69) is 4.98 Å². The number of benzene rings is 2. The van der Waals surface area contributed by atoms with Crippen LogP contribution in [-0.4, -0.2) is 40.6 Å². The molecule has 2 unspecified atom stereocenters. The maximum Gasteiger partial charge on any atom is 0.328 e. The van der Waals surface area contributed by atoms with E-state index in [9.17, 15) is 18.0 Å². The lowest BCUT2D eigenvalue weighted by Crippen LogP contribution is -2.52. The Labute approximate surface area is 247 Å². The van der Waals surface area contributed by atoms with Gasteiger partial charge in [0.1, 0.15) is 11.4 Å². The van der Waals surface area contributed by atoms with E-state index in [1.807, 2.05) is 65.0 Å². The monoisotopic (exact) mass is 598 g/mol. The fourth-order valence-corrected chi connectivity index (χ4v) is 7.32. The van der Waals surface area contributed by atoms with Crippen LogP contribution >= 0.6 is 11.8 Å². The molecule has 2 heterocycles. The number of thioether (sulfide) groups is 1. The van der Waals surface area contributed by atoms with E-state index in [0.29, 0.717) is 23.3 Å². The number of ether oxygens (including phenoxy) is 1. The molecule has 220 valence electrons. The van der Waals surface area contributed by atoms with Crippen LogP contribution in [0.15, 0.2) is 66.1 Å². The first-order chi connectivity index (χ1) is 19.2. The number of cyclic esters (lactones) is 1. The molecule has 8 nitrogen and oxygen atoms in total. The lowest BCUT2D eigenvalue weighted by molar-refractivity contribution is -0.176. The molecule has 1 aliphatic rings. The van der Waals surface area contributed by atoms with Gasteiger partial charge in [0.05, 0.1) is 6.33 Å². The maximum atomic E-state index is 13.6. The summed E-state index contributed by atoms with van der Waals surface area (Å²) in [7, 11) is -3.96. The number of hydrogen-bond donors (Lipinski definition) is 0. The molecule has 0 amide bonds. The van der Waals surface area contributed by atoms with E-state index in [1.165, 1.54) is 17.1 Å². The Morgan fingerprint density at radius 3 is 2.46 bits per heavy atom. The number of nitrogens with zero attached hydrogens (tertiary/aromatic N) is 2. The highest BCUT2D eigenvalue weighted by molar-refractivity contribution is 8.01. The van der Waals surface area contributed by atoms with Crippen LogP contribution in [0, 0.1) is 12.8 Å². The van der Waals surface area contributed by atoms with Crippen molar-refractivity contribution in [3.05, 3.63) is 77.9 Å². The summed E-state index contributed by atoms with van der Waals surface area (Å²) in [5.74, 6) is -0.893. The molecule has 1 fully saturated rings. The van der Waals surface area contributed by atoms with Crippen LogP contribution in [0.4, 0.5) is 0 Å². The molecule has 0 spiro atoms. The van der Waals surface area contributed by atoms with E-state index in [1.54, 1.807) is 25.3 Å². The van der Waals surface area contributed by atoms with Crippen LogP contribution in [0.3, 0.4) is 0 Å². The van der Waals surface area contributed by atoms with Gasteiger partial charge in [-0.1, -0.05) is 65.0 Å². The standard InChI is InChI=1S/C31H38N2O6S2/c1-21(2)31(13-12-23-10-8-7-9-11-23)18-25(34)28(29(35)38-31)40-27-16-22(3)26(17-24(27)30(4,5)6)39-41(36,37)20-33-15-14-32-19-33/h7-11,14-17,19,21,28H,12-13,18,20H2,1-6H3. The minimum Gasteiger partial charge on any atom is -0.457 e. The normalized spacial score (nSPS) is 19.8. The van der Waals surface area contributed by atoms with E-state index in [-0.39, 0.29) is 29.7 Å². The van der Waals surface area contributed by atoms with Gasteiger partial charge in [0, 0.05) is 23.7 Å². The van der Waals surface area contributed by atoms with E-state index < -0.39 is 32.4 Å². The second-order valence-electron chi connectivity index (χ2n) is 12.0. The molecule has 4 rings (SSSR count). The SMILES string of the molecule is Cc1cc(SC2C(=O)CC(CCc3ccccc3)(C(C)C)OC2=O)c(C(C)(C)C)cc1OS(=O)(=O)Cn1ccnc1. The van der Waals surface area contributed by atoms with Crippen molar-refractivity contribution >= 4 is 33.6 Å². The first-order valence-corrected chi connectivity index (χ1v) is 16.1. The van der Waals surface area contributed by atoms with Gasteiger partial charge in [-0.25, -0.2) is 4.98 Å². The van der Waals surface area contributed by atoms with Gasteiger partial charge in [-0.3, -0.25) is 9.59 Å². The first kappa shape index (κ1) is 30.8. The summed E-state index contributed by atoms with van der Waals surface area (Å²) in [5, 5.41) is -1.00. The number of imidazole rings is 1. The van der Waals surface area contributed by atoms with Crippen molar-refractivity contribution in [2.45, 2.75) is 87.8 Å². The molecule has 0 saturated carbocycles. The van der Waals surface area contributed by atoms with Crippen LogP contribution < -0.4 is 4.18 Å². The highest BCUT2D eigenvalue weighted by atomic mass is 32.2. The van der Waals surface area contributed by atoms with Gasteiger partial charge in [-0.2, -0.15) is 8.42 Å². The smallest absolute Gasteiger partial charge is 0.328 e. The third-order valence-electron chi connectivity index (χ3n) is 7.43. The Kier molecular flexibility index (Phi) is 9.04. The summed E-state index contributed by atoms with van der Waals surface area (Å²) in [5.41, 5.74) is 1.19. The summed E-state index contributed by atoms with van der Waals surface area (Å²) in [6.07, 6.45) is 5.87. The summed E-state index contributed by atoms with van der Waals surface area (Å²) in [6.45, 7) is 11.7. The second kappa shape index (κ2) is 12.0. The summed E-state index contributed by atoms with van der Waals surface area (Å²) < 4.78 is 38.5. The zero-order valence-corrected chi connectivity index (χ0v) is 26.1. The fourth-order valence-electron chi connectivity index (χ4n) is 4.94. The molecule has 0 N–H and O–H groups in total. The van der Waals surface area contributed by atoms with Crippen LogP contribution in [0.1, 0.15) is 64.2 Å². The molecular formula is C31H38N2O6S2. The molecule has 0 radical (unpaired) electrons. The maximum absolute atomic E-state index is 13.6. The van der Waals surface area contributed by atoms with Gasteiger partial charge in [-0.05, 0) is 59.9 Å². The van der Waals surface area contributed by atoms with E-state index >= 15 is 0 Å². The van der Waals surface area contributed by atoms with Gasteiger partial charge in [0.2, 0.25) is 0 Å². The Morgan fingerprint density at radius 1 is 1.17 bits per heavy atom. The zero-order valence-electron chi connectivity index (χ0n) is 24.4. The number of aryl methyl sites for hydroxylation is 2. The number of ketones is 1. The lowest BCUT2D eigenvalue weighted by atomic mass is 9.78. The average molecular weight is 599 g/mol. The second-order valence-corrected chi connectivity index (χ2v) is 14.7. The fraction of sp³-hybridized carbons (Fsp3) is 0.452. The van der Waals surface area contributed by atoms with E-state index in [0.717, 1.165) is 22.9 Å². The molecule has 1 aromatic heterocycles. The predicted octanol–water partition coefficient (Wildman–Crippen LogP) is 5.86. The number of carbonyl (C=O) groups excluding carboxylic acids is 2. The molecule has 3 aromatic rings. The van der Waals surface area contributed by atoms with Gasteiger partial charge in [0.15, 0.2) is 16.9 Å². The summed E-state index contributed by atoms with van der Waals surface area (Å²) >= 11 is 1.16. The van der Waals surface area contributed by atoms with Crippen molar-refractivity contribution in [1.82, 2.24) is 9.55 Å². The summed E-state index contributed by atoms with van der Waals surface area (Å²) in [6, 6.07) is 13.5. The molecule has 1 saturated heterocycles. The third-order valence-corrected chi connectivity index (χ3v) is 9.76. The lowest BCUT2D eigenvalue weighted by Gasteiger charge is -2.41. The van der Waals surface area contributed by atoms with Gasteiger partial charge < -0.3 is 13.5 Å². The average Bonchev–Trinajstić information content (AvgIpc) is 3.38. The van der Waals surface area contributed by atoms with Crippen molar-refractivity contribution in [2.24, 2.45) is 5.92 Å². The van der Waals surface area contributed by atoms with Crippen molar-refractivity contribution in [3.8, 4) is 5.75 Å². The molecule has 2 aromatic carbocycles. The van der Waals surface area contributed by atoms with Gasteiger partial charge in [-0.15, -0.1) is 11.8 Å². The van der Waals surface area contributed by atoms with Crippen molar-refractivity contribution in [1.29, 1.82) is 0 Å². The molecule has 41 heavy (non-hydrogen) atoms. The Bertz CT molecular complexity index is 1480. The molecule has 0 bridgehead atoms. The quantitative estimate of drug-likeness (QED) is 0.162. The van der Waals surface area contributed by atoms with Crippen LogP contribution in [-0.2, 0) is 42.2 Å². The topological polar surface area (TPSA) is 105 Å². The number of hydrogen-bond acceptors (Lipinski definition) is 8. The zero-order chi connectivity index (χ0) is 30.0. The Hall–Kier alpha value is -3.11. The molecular weight excluding hydrogens is 560 g/mol. The minimum absolute atomic E-state index is 0.0295. The Morgan fingerprint density at radius 2 is 1.88 bits per heavy atom. The number of rotatable bonds is 10. The summed E-state index contributed by atoms with van der Waals surface area (Å²) in [4.78, 5) is 31.6. The van der Waals surface area contributed by atoms with Crippen LogP contribution in [0.25, 0.3) is 0 Å². The highest BCUT2D eigenvalue weighted by Crippen LogP contribution is 2.43. The van der Waals surface area contributed by atoms with Gasteiger partial charge in [0.25, 0.3) is 0 Å². The van der Waals surface area contributed by atoms with Crippen LogP contribution in [0.2, 0.25) is 0 Å². The largest absolute Gasteiger partial charge is 0.457 e. The molecule has 0 aliphatic carbocycles. The third kappa shape index (κ3) is 7.40. The number of esters is 1. The minimum atomic E-state index is -3.96. The van der Waals surface area contributed by atoms with Crippen molar-refractivity contribution in [2.75, 3.05) is 0 Å². The van der Waals surface area contributed by atoms with Crippen molar-refractivity contribution in [3.63, 3.8) is 0 Å². The number of carbonyl (C=O) groups is 2. The van der Waals surface area contributed by atoms with E-state index in [4.69, 9.17) is 8.92 Å². The number of Topliss-reactive ketones (excluding diaryl/α,β-unsaturated/α-hetero) is 1. The molecule has 2 atom stereocenters. The molecule has 10 heteroatoms. The number of aromatic nitrogens is 2. The van der Waals surface area contributed by atoms with Gasteiger partial charge >= 0.3 is 16.1 Å². The Balaban J connectivity index is 1.56. The predicted molar refractivity (Wildman–Crippen MR) is 159 cm³/mol. The first-order valence-electron chi connectivity index (χ1n) is 13.7. The highest BCUT2D eigenvalue weighted by Gasteiger charge is 2.49. The molecule has 1 aliphatic heterocycles. The van der Waals surface area contributed by atoms with Crippen molar-refractivity contribution < 1.29 is 26.9 Å².